The molecule has 2 aliphatic heterocycles. The molecule has 1 unspecified atom stereocenters. The molecule has 0 amide bonds. The molecule has 0 aliphatic carbocycles. The standard InChI is InChI=1S/C18H24N4O2/c23-18-11-17(20-16-3-1-2-8-22(16)18)21-9-5-14(6-10-21)13-24-15-4-7-19-12-15/h1-3,8,11,14-15,19H,4-7,9-10,12-13H2. The van der Waals surface area contributed by atoms with Crippen LogP contribution in [0.3, 0.4) is 0 Å². The molecule has 128 valence electrons. The van der Waals surface area contributed by atoms with Crippen molar-refractivity contribution in [3.8, 4) is 0 Å². The van der Waals surface area contributed by atoms with Crippen LogP contribution in [0.15, 0.2) is 35.3 Å². The van der Waals surface area contributed by atoms with E-state index < -0.39 is 0 Å². The molecule has 6 heteroatoms. The van der Waals surface area contributed by atoms with Crippen molar-refractivity contribution in [3.63, 3.8) is 0 Å². The molecule has 4 heterocycles. The van der Waals surface area contributed by atoms with Crippen LogP contribution in [0, 0.1) is 5.92 Å². The molecule has 1 N–H and O–H groups in total. The summed E-state index contributed by atoms with van der Waals surface area (Å²) in [6.45, 7) is 4.79. The molecule has 2 aromatic rings. The Bertz CT molecular complexity index is 746. The summed E-state index contributed by atoms with van der Waals surface area (Å²) in [5.74, 6) is 1.41. The first-order valence-electron chi connectivity index (χ1n) is 8.85. The maximum absolute atomic E-state index is 12.2. The minimum Gasteiger partial charge on any atom is -0.377 e. The van der Waals surface area contributed by atoms with Gasteiger partial charge in [0.05, 0.1) is 6.10 Å². The molecular weight excluding hydrogens is 304 g/mol. The first-order chi connectivity index (χ1) is 11.8. The Kier molecular flexibility index (Phi) is 4.49. The minimum absolute atomic E-state index is 0.0187. The number of hydrogen-bond acceptors (Lipinski definition) is 5. The lowest BCUT2D eigenvalue weighted by atomic mass is 9.98. The van der Waals surface area contributed by atoms with Gasteiger partial charge in [-0.25, -0.2) is 4.98 Å². The van der Waals surface area contributed by atoms with E-state index in [-0.39, 0.29) is 5.56 Å². The third-order valence-electron chi connectivity index (χ3n) is 5.08. The van der Waals surface area contributed by atoms with Gasteiger partial charge >= 0.3 is 0 Å². The van der Waals surface area contributed by atoms with Gasteiger partial charge in [-0.15, -0.1) is 0 Å². The zero-order valence-electron chi connectivity index (χ0n) is 13.9. The molecule has 0 aromatic carbocycles. The van der Waals surface area contributed by atoms with Crippen LogP contribution in [-0.4, -0.2) is 48.3 Å². The van der Waals surface area contributed by atoms with Crippen LogP contribution >= 0.6 is 0 Å². The number of nitrogens with one attached hydrogen (secondary N) is 1. The van der Waals surface area contributed by atoms with E-state index in [1.165, 1.54) is 0 Å². The summed E-state index contributed by atoms with van der Waals surface area (Å²) in [6, 6.07) is 7.28. The van der Waals surface area contributed by atoms with Crippen LogP contribution in [0.5, 0.6) is 0 Å². The summed E-state index contributed by atoms with van der Waals surface area (Å²) < 4.78 is 7.59. The first-order valence-corrected chi connectivity index (χ1v) is 8.85. The summed E-state index contributed by atoms with van der Waals surface area (Å²) in [5, 5.41) is 3.34. The molecule has 0 spiro atoms. The van der Waals surface area contributed by atoms with Crippen molar-refractivity contribution in [2.45, 2.75) is 25.4 Å². The zero-order chi connectivity index (χ0) is 16.4. The number of pyridine rings is 1. The molecule has 0 saturated carbocycles. The van der Waals surface area contributed by atoms with E-state index >= 15 is 0 Å². The average Bonchev–Trinajstić information content (AvgIpc) is 3.14. The van der Waals surface area contributed by atoms with Crippen LogP contribution < -0.4 is 15.8 Å². The quantitative estimate of drug-likeness (QED) is 0.916. The third kappa shape index (κ3) is 3.30. The predicted octanol–water partition coefficient (Wildman–Crippen LogP) is 1.29. The number of rotatable bonds is 4. The fourth-order valence-electron chi connectivity index (χ4n) is 3.57. The van der Waals surface area contributed by atoms with Crippen molar-refractivity contribution in [1.29, 1.82) is 0 Å². The zero-order valence-corrected chi connectivity index (χ0v) is 13.9. The Balaban J connectivity index is 1.38. The lowest BCUT2D eigenvalue weighted by Gasteiger charge is -2.33. The normalized spacial score (nSPS) is 22.3. The van der Waals surface area contributed by atoms with Gasteiger partial charge in [0, 0.05) is 38.5 Å². The molecule has 2 aliphatic rings. The maximum atomic E-state index is 12.2. The Hall–Kier alpha value is -1.92. The molecule has 0 radical (unpaired) electrons. The highest BCUT2D eigenvalue weighted by Gasteiger charge is 2.23. The van der Waals surface area contributed by atoms with E-state index in [0.29, 0.717) is 17.7 Å². The lowest BCUT2D eigenvalue weighted by Crippen LogP contribution is -2.37. The average molecular weight is 328 g/mol. The fourth-order valence-corrected chi connectivity index (χ4v) is 3.57. The molecule has 2 aromatic heterocycles. The molecule has 1 atom stereocenters. The van der Waals surface area contributed by atoms with Gasteiger partial charge in [0.25, 0.3) is 5.56 Å². The smallest absolute Gasteiger partial charge is 0.259 e. The van der Waals surface area contributed by atoms with Crippen LogP contribution in [0.1, 0.15) is 19.3 Å². The van der Waals surface area contributed by atoms with Crippen LogP contribution in [0.4, 0.5) is 5.82 Å². The van der Waals surface area contributed by atoms with Gasteiger partial charge in [-0.1, -0.05) is 6.07 Å². The van der Waals surface area contributed by atoms with E-state index in [9.17, 15) is 4.79 Å². The lowest BCUT2D eigenvalue weighted by molar-refractivity contribution is 0.0353. The second kappa shape index (κ2) is 6.91. The highest BCUT2D eigenvalue weighted by Crippen LogP contribution is 2.22. The van der Waals surface area contributed by atoms with E-state index in [4.69, 9.17) is 4.74 Å². The van der Waals surface area contributed by atoms with Gasteiger partial charge in [-0.05, 0) is 43.9 Å². The van der Waals surface area contributed by atoms with E-state index in [1.54, 1.807) is 16.7 Å². The second-order valence-corrected chi connectivity index (χ2v) is 6.76. The Morgan fingerprint density at radius 2 is 2.12 bits per heavy atom. The summed E-state index contributed by atoms with van der Waals surface area (Å²) in [4.78, 5) is 19.1. The van der Waals surface area contributed by atoms with Crippen molar-refractivity contribution < 1.29 is 4.74 Å². The molecule has 24 heavy (non-hydrogen) atoms. The fraction of sp³-hybridized carbons (Fsp3) is 0.556. The second-order valence-electron chi connectivity index (χ2n) is 6.76. The van der Waals surface area contributed by atoms with Gasteiger partial charge in [-0.2, -0.15) is 0 Å². The first kappa shape index (κ1) is 15.6. The van der Waals surface area contributed by atoms with Gasteiger partial charge in [0.2, 0.25) is 0 Å². The third-order valence-corrected chi connectivity index (χ3v) is 5.08. The molecule has 2 fully saturated rings. The summed E-state index contributed by atoms with van der Waals surface area (Å²) >= 11 is 0. The number of nitrogens with zero attached hydrogens (tertiary/aromatic N) is 3. The highest BCUT2D eigenvalue weighted by molar-refractivity contribution is 5.48. The topological polar surface area (TPSA) is 58.9 Å². The number of ether oxygens (including phenoxy) is 1. The van der Waals surface area contributed by atoms with Gasteiger partial charge in [0.1, 0.15) is 11.5 Å². The Labute approximate surface area is 141 Å². The molecule has 4 rings (SSSR count). The Morgan fingerprint density at radius 3 is 2.92 bits per heavy atom. The van der Waals surface area contributed by atoms with Crippen molar-refractivity contribution in [2.75, 3.05) is 37.7 Å². The van der Waals surface area contributed by atoms with E-state index in [0.717, 1.165) is 57.9 Å². The molecular formula is C18H24N4O2. The van der Waals surface area contributed by atoms with Crippen molar-refractivity contribution in [2.24, 2.45) is 5.92 Å². The van der Waals surface area contributed by atoms with Crippen molar-refractivity contribution >= 4 is 11.5 Å². The van der Waals surface area contributed by atoms with Crippen LogP contribution in [0.2, 0.25) is 0 Å². The van der Waals surface area contributed by atoms with Crippen molar-refractivity contribution in [3.05, 3.63) is 40.8 Å². The Morgan fingerprint density at radius 1 is 1.25 bits per heavy atom. The highest BCUT2D eigenvalue weighted by atomic mass is 16.5. The van der Waals surface area contributed by atoms with Crippen LogP contribution in [-0.2, 0) is 4.74 Å². The van der Waals surface area contributed by atoms with E-state index in [2.05, 4.69) is 15.2 Å². The number of anilines is 1. The number of hydrogen-bond donors (Lipinski definition) is 1. The summed E-state index contributed by atoms with van der Waals surface area (Å²) in [6.07, 6.45) is 5.47. The van der Waals surface area contributed by atoms with Gasteiger partial charge < -0.3 is 15.0 Å². The van der Waals surface area contributed by atoms with Gasteiger partial charge in [0.15, 0.2) is 0 Å². The summed E-state index contributed by atoms with van der Waals surface area (Å²) in [5.41, 5.74) is 0.689. The van der Waals surface area contributed by atoms with Gasteiger partial charge in [-0.3, -0.25) is 9.20 Å². The SMILES string of the molecule is O=c1cc(N2CCC(COC3CCNC3)CC2)nc2ccccn12. The molecule has 0 bridgehead atoms. The minimum atomic E-state index is -0.0187. The van der Waals surface area contributed by atoms with Crippen LogP contribution in [0.25, 0.3) is 5.65 Å². The molecule has 2 saturated heterocycles. The monoisotopic (exact) mass is 328 g/mol. The van der Waals surface area contributed by atoms with Crippen molar-refractivity contribution in [1.82, 2.24) is 14.7 Å². The molecule has 6 nitrogen and oxygen atoms in total. The maximum Gasteiger partial charge on any atom is 0.259 e. The largest absolute Gasteiger partial charge is 0.377 e. The number of piperidine rings is 1. The number of fused-ring (bicyclic) bond motifs is 1. The summed E-state index contributed by atoms with van der Waals surface area (Å²) in [7, 11) is 0. The number of aromatic nitrogens is 2. The van der Waals surface area contributed by atoms with E-state index in [1.807, 2.05) is 18.2 Å². The predicted molar refractivity (Wildman–Crippen MR) is 93.6 cm³/mol.